The van der Waals surface area contributed by atoms with Gasteiger partial charge in [-0.05, 0) is 30.2 Å². The fourth-order valence-electron chi connectivity index (χ4n) is 2.64. The lowest BCUT2D eigenvalue weighted by Crippen LogP contribution is -2.43. The molecule has 0 aromatic heterocycles. The van der Waals surface area contributed by atoms with Gasteiger partial charge in [0.25, 0.3) is 0 Å². The number of phenols is 1. The van der Waals surface area contributed by atoms with Gasteiger partial charge in [-0.1, -0.05) is 12.1 Å². The molecule has 5 nitrogen and oxygen atoms in total. The summed E-state index contributed by atoms with van der Waals surface area (Å²) >= 11 is 0. The number of likely N-dealkylation sites (tertiary alicyclic amines) is 1. The van der Waals surface area contributed by atoms with Gasteiger partial charge in [0.05, 0.1) is 12.6 Å². The number of aliphatic imine (C=N–C) groups is 2. The van der Waals surface area contributed by atoms with E-state index < -0.39 is 0 Å². The first kappa shape index (κ1) is 11.5. The van der Waals surface area contributed by atoms with Crippen molar-refractivity contribution in [3.8, 4) is 5.75 Å². The molecular weight excluding hydrogens is 252 g/mol. The van der Waals surface area contributed by atoms with E-state index in [4.69, 9.17) is 4.99 Å². The molecule has 0 radical (unpaired) electrons. The number of hydrogen-bond donors (Lipinski definition) is 1. The molecule has 3 heterocycles. The van der Waals surface area contributed by atoms with Crippen LogP contribution in [0, 0.1) is 0 Å². The second-order valence-electron chi connectivity index (χ2n) is 5.32. The lowest BCUT2D eigenvalue weighted by atomic mass is 10.1. The van der Waals surface area contributed by atoms with Crippen LogP contribution in [-0.4, -0.2) is 46.3 Å². The van der Waals surface area contributed by atoms with Crippen LogP contribution < -0.4 is 0 Å². The van der Waals surface area contributed by atoms with Gasteiger partial charge in [0, 0.05) is 19.3 Å². The van der Waals surface area contributed by atoms with Crippen LogP contribution in [0.3, 0.4) is 0 Å². The van der Waals surface area contributed by atoms with E-state index in [-0.39, 0.29) is 11.8 Å². The zero-order chi connectivity index (χ0) is 13.5. The van der Waals surface area contributed by atoms with Gasteiger partial charge in [0.2, 0.25) is 5.96 Å². The number of aromatic hydroxyl groups is 1. The maximum absolute atomic E-state index is 9.35. The van der Waals surface area contributed by atoms with E-state index in [1.54, 1.807) is 12.1 Å². The van der Waals surface area contributed by atoms with E-state index in [1.165, 1.54) is 6.42 Å². The Kier molecular flexibility index (Phi) is 2.52. The second kappa shape index (κ2) is 4.37. The molecule has 0 aliphatic carbocycles. The first-order valence-corrected chi connectivity index (χ1v) is 6.95. The van der Waals surface area contributed by atoms with E-state index in [2.05, 4.69) is 27.1 Å². The Balaban J connectivity index is 1.59. The van der Waals surface area contributed by atoms with Crippen molar-refractivity contribution in [1.82, 2.24) is 9.80 Å². The van der Waals surface area contributed by atoms with Crippen molar-refractivity contribution < 1.29 is 5.11 Å². The number of guanidine groups is 1. The standard InChI is InChI=1S/C15H16N4O/c20-12-4-2-11(3-5-12)13-10-19-9-6-14(17-15(19)16-13)18-7-1-8-18/h2-6,9,13,20H,1,7-8,10H2. The van der Waals surface area contributed by atoms with Crippen molar-refractivity contribution in [2.45, 2.75) is 12.5 Å². The second-order valence-corrected chi connectivity index (χ2v) is 5.32. The Labute approximate surface area is 117 Å². The van der Waals surface area contributed by atoms with Gasteiger partial charge in [-0.25, -0.2) is 4.99 Å². The van der Waals surface area contributed by atoms with E-state index in [0.29, 0.717) is 0 Å². The van der Waals surface area contributed by atoms with Crippen LogP contribution in [0.2, 0.25) is 0 Å². The van der Waals surface area contributed by atoms with Crippen molar-refractivity contribution in [3.05, 3.63) is 42.1 Å². The average molecular weight is 268 g/mol. The minimum atomic E-state index is 0.0924. The van der Waals surface area contributed by atoms with Gasteiger partial charge in [0.1, 0.15) is 11.6 Å². The minimum absolute atomic E-state index is 0.0924. The Bertz CT molecular complexity index is 613. The molecule has 1 atom stereocenters. The third kappa shape index (κ3) is 1.86. The highest BCUT2D eigenvalue weighted by Gasteiger charge is 2.28. The predicted molar refractivity (Wildman–Crippen MR) is 77.8 cm³/mol. The molecule has 0 amide bonds. The largest absolute Gasteiger partial charge is 0.508 e. The van der Waals surface area contributed by atoms with Crippen LogP contribution >= 0.6 is 0 Å². The smallest absolute Gasteiger partial charge is 0.227 e. The SMILES string of the molecule is Oc1ccc(C2CN3C=CC(N4CCC4)=NC3=N2)cc1. The van der Waals surface area contributed by atoms with Gasteiger partial charge in [-0.2, -0.15) is 4.99 Å². The van der Waals surface area contributed by atoms with E-state index in [0.717, 1.165) is 37.0 Å². The number of amidine groups is 1. The number of benzene rings is 1. The van der Waals surface area contributed by atoms with Crippen molar-refractivity contribution in [1.29, 1.82) is 0 Å². The lowest BCUT2D eigenvalue weighted by Gasteiger charge is -2.34. The fraction of sp³-hybridized carbons (Fsp3) is 0.333. The highest BCUT2D eigenvalue weighted by Crippen LogP contribution is 2.28. The molecule has 1 aromatic rings. The third-order valence-corrected chi connectivity index (χ3v) is 3.97. The quantitative estimate of drug-likeness (QED) is 0.844. The number of hydrogen-bond acceptors (Lipinski definition) is 5. The molecule has 1 saturated heterocycles. The van der Waals surface area contributed by atoms with Crippen molar-refractivity contribution in [2.24, 2.45) is 9.98 Å². The predicted octanol–water partition coefficient (Wildman–Crippen LogP) is 1.74. The first-order chi connectivity index (χ1) is 9.79. The molecule has 102 valence electrons. The van der Waals surface area contributed by atoms with Gasteiger partial charge in [-0.15, -0.1) is 0 Å². The molecule has 0 spiro atoms. The molecule has 1 unspecified atom stereocenters. The topological polar surface area (TPSA) is 51.4 Å². The van der Waals surface area contributed by atoms with E-state index in [9.17, 15) is 5.11 Å². The zero-order valence-corrected chi connectivity index (χ0v) is 11.1. The molecule has 5 heteroatoms. The maximum Gasteiger partial charge on any atom is 0.227 e. The van der Waals surface area contributed by atoms with Gasteiger partial charge < -0.3 is 14.9 Å². The van der Waals surface area contributed by atoms with Crippen LogP contribution in [0.4, 0.5) is 0 Å². The molecule has 3 aliphatic heterocycles. The summed E-state index contributed by atoms with van der Waals surface area (Å²) in [6.07, 6.45) is 5.39. The molecule has 1 aromatic carbocycles. The lowest BCUT2D eigenvalue weighted by molar-refractivity contribution is 0.301. The van der Waals surface area contributed by atoms with Crippen molar-refractivity contribution in [3.63, 3.8) is 0 Å². The number of rotatable bonds is 1. The molecule has 1 fully saturated rings. The molecular formula is C15H16N4O. The Morgan fingerprint density at radius 1 is 1.15 bits per heavy atom. The molecule has 0 saturated carbocycles. The maximum atomic E-state index is 9.35. The van der Waals surface area contributed by atoms with E-state index in [1.807, 2.05) is 12.1 Å². The van der Waals surface area contributed by atoms with E-state index >= 15 is 0 Å². The highest BCUT2D eigenvalue weighted by atomic mass is 16.3. The van der Waals surface area contributed by atoms with Crippen LogP contribution in [0.5, 0.6) is 5.75 Å². The summed E-state index contributed by atoms with van der Waals surface area (Å²) in [5, 5.41) is 9.35. The number of fused-ring (bicyclic) bond motifs is 1. The molecule has 0 bridgehead atoms. The third-order valence-electron chi connectivity index (χ3n) is 3.97. The van der Waals surface area contributed by atoms with Gasteiger partial charge in [-0.3, -0.25) is 0 Å². The van der Waals surface area contributed by atoms with Crippen molar-refractivity contribution >= 4 is 11.8 Å². The Hall–Kier alpha value is -2.30. The molecule has 1 N–H and O–H groups in total. The zero-order valence-electron chi connectivity index (χ0n) is 11.1. The summed E-state index contributed by atoms with van der Waals surface area (Å²) in [5.74, 6) is 2.11. The summed E-state index contributed by atoms with van der Waals surface area (Å²) in [6.45, 7) is 3.00. The Morgan fingerprint density at radius 2 is 1.95 bits per heavy atom. The minimum Gasteiger partial charge on any atom is -0.508 e. The summed E-state index contributed by atoms with van der Waals surface area (Å²) in [4.78, 5) is 13.7. The van der Waals surface area contributed by atoms with Crippen LogP contribution in [-0.2, 0) is 0 Å². The fourth-order valence-corrected chi connectivity index (χ4v) is 2.64. The number of nitrogens with zero attached hydrogens (tertiary/aromatic N) is 4. The molecule has 4 rings (SSSR count). The normalized spacial score (nSPS) is 24.1. The first-order valence-electron chi connectivity index (χ1n) is 6.95. The van der Waals surface area contributed by atoms with Gasteiger partial charge >= 0.3 is 0 Å². The summed E-state index contributed by atoms with van der Waals surface area (Å²) in [6, 6.07) is 7.35. The summed E-state index contributed by atoms with van der Waals surface area (Å²) < 4.78 is 0. The van der Waals surface area contributed by atoms with Crippen molar-refractivity contribution in [2.75, 3.05) is 19.6 Å². The van der Waals surface area contributed by atoms with Crippen LogP contribution in [0.25, 0.3) is 0 Å². The van der Waals surface area contributed by atoms with Crippen LogP contribution in [0.15, 0.2) is 46.5 Å². The average Bonchev–Trinajstić information content (AvgIpc) is 2.80. The number of phenolic OH excluding ortho intramolecular Hbond substituents is 1. The van der Waals surface area contributed by atoms with Crippen LogP contribution in [0.1, 0.15) is 18.0 Å². The summed E-state index contributed by atoms with van der Waals surface area (Å²) in [5.41, 5.74) is 1.11. The Morgan fingerprint density at radius 3 is 2.65 bits per heavy atom. The monoisotopic (exact) mass is 268 g/mol. The summed E-state index contributed by atoms with van der Waals surface area (Å²) in [7, 11) is 0. The highest BCUT2D eigenvalue weighted by molar-refractivity contribution is 6.05. The van der Waals surface area contributed by atoms with Gasteiger partial charge in [0.15, 0.2) is 0 Å². The molecule has 3 aliphatic rings. The molecule has 20 heavy (non-hydrogen) atoms.